The van der Waals surface area contributed by atoms with Gasteiger partial charge in [-0.25, -0.2) is 0 Å². The van der Waals surface area contributed by atoms with Gasteiger partial charge >= 0.3 is 0 Å². The van der Waals surface area contributed by atoms with Gasteiger partial charge in [-0.1, -0.05) is 48.9 Å². The highest BCUT2D eigenvalue weighted by atomic mass is 35.5. The molecule has 0 N–H and O–H groups in total. The molecule has 0 fully saturated rings. The molecule has 0 saturated heterocycles. The Morgan fingerprint density at radius 1 is 1.18 bits per heavy atom. The molecule has 112 valence electrons. The minimum Gasteiger partial charge on any atom is -0.344 e. The normalized spacial score (nSPS) is 12.5. The van der Waals surface area contributed by atoms with Crippen molar-refractivity contribution in [2.24, 2.45) is 0 Å². The van der Waals surface area contributed by atoms with E-state index in [-0.39, 0.29) is 5.78 Å². The van der Waals surface area contributed by atoms with Gasteiger partial charge < -0.3 is 4.57 Å². The number of rotatable bonds is 4. The first-order valence-electron chi connectivity index (χ1n) is 7.51. The topological polar surface area (TPSA) is 22.0 Å². The summed E-state index contributed by atoms with van der Waals surface area (Å²) in [6, 6.07) is 15.5. The van der Waals surface area contributed by atoms with Crippen LogP contribution >= 0.6 is 11.6 Å². The van der Waals surface area contributed by atoms with Crippen molar-refractivity contribution in [3.8, 4) is 0 Å². The van der Waals surface area contributed by atoms with Crippen LogP contribution in [0.1, 0.15) is 42.2 Å². The first-order valence-corrected chi connectivity index (χ1v) is 7.89. The SMILES string of the molecule is CCC(C)n1cc(C(=O)c2cccc(Cl)c2)c2ccccc21. The molecule has 0 amide bonds. The molecular formula is C19H18ClNO. The lowest BCUT2D eigenvalue weighted by atomic mass is 10.0. The lowest BCUT2D eigenvalue weighted by Gasteiger charge is -2.12. The number of benzene rings is 2. The number of carbonyl (C=O) groups excluding carboxylic acids is 1. The monoisotopic (exact) mass is 311 g/mol. The third-order valence-corrected chi connectivity index (χ3v) is 4.37. The Morgan fingerprint density at radius 2 is 1.95 bits per heavy atom. The Hall–Kier alpha value is -2.06. The van der Waals surface area contributed by atoms with Gasteiger partial charge in [0.1, 0.15) is 0 Å². The Labute approximate surface area is 135 Å². The molecule has 0 saturated carbocycles. The number of ketones is 1. The summed E-state index contributed by atoms with van der Waals surface area (Å²) in [5.41, 5.74) is 2.46. The molecule has 0 aliphatic carbocycles. The second kappa shape index (κ2) is 5.98. The molecule has 2 aromatic carbocycles. The summed E-state index contributed by atoms with van der Waals surface area (Å²) >= 11 is 6.02. The molecule has 0 bridgehead atoms. The maximum Gasteiger partial charge on any atom is 0.195 e. The molecular weight excluding hydrogens is 294 g/mol. The van der Waals surface area contributed by atoms with Gasteiger partial charge in [-0.2, -0.15) is 0 Å². The fourth-order valence-electron chi connectivity index (χ4n) is 2.73. The molecule has 0 aliphatic rings. The third kappa shape index (κ3) is 2.55. The number of para-hydroxylation sites is 1. The summed E-state index contributed by atoms with van der Waals surface area (Å²) in [5, 5.41) is 1.57. The number of fused-ring (bicyclic) bond motifs is 1. The second-order valence-electron chi connectivity index (χ2n) is 5.56. The molecule has 0 spiro atoms. The zero-order valence-electron chi connectivity index (χ0n) is 12.7. The zero-order valence-corrected chi connectivity index (χ0v) is 13.5. The standard InChI is InChI=1S/C19H18ClNO/c1-3-13(2)21-12-17(16-9-4-5-10-18(16)21)19(22)14-7-6-8-15(20)11-14/h4-13H,3H2,1-2H3. The van der Waals surface area contributed by atoms with E-state index in [9.17, 15) is 4.79 Å². The number of nitrogens with zero attached hydrogens (tertiary/aromatic N) is 1. The van der Waals surface area contributed by atoms with Gasteiger partial charge in [-0.15, -0.1) is 0 Å². The minimum atomic E-state index is 0.0146. The van der Waals surface area contributed by atoms with Crippen molar-refractivity contribution in [1.29, 1.82) is 0 Å². The fraction of sp³-hybridized carbons (Fsp3) is 0.211. The largest absolute Gasteiger partial charge is 0.344 e. The summed E-state index contributed by atoms with van der Waals surface area (Å²) in [5.74, 6) is 0.0146. The first-order chi connectivity index (χ1) is 10.6. The van der Waals surface area contributed by atoms with Crippen molar-refractivity contribution < 1.29 is 4.79 Å². The number of halogens is 1. The van der Waals surface area contributed by atoms with E-state index in [0.29, 0.717) is 16.6 Å². The quantitative estimate of drug-likeness (QED) is 0.583. The summed E-state index contributed by atoms with van der Waals surface area (Å²) in [6.45, 7) is 4.32. The van der Waals surface area contributed by atoms with E-state index >= 15 is 0 Å². The van der Waals surface area contributed by atoms with Crippen LogP contribution in [0.2, 0.25) is 5.02 Å². The summed E-state index contributed by atoms with van der Waals surface area (Å²) in [7, 11) is 0. The van der Waals surface area contributed by atoms with E-state index < -0.39 is 0 Å². The van der Waals surface area contributed by atoms with Crippen LogP contribution < -0.4 is 0 Å². The van der Waals surface area contributed by atoms with Crippen LogP contribution in [0.25, 0.3) is 10.9 Å². The average Bonchev–Trinajstić information content (AvgIpc) is 2.93. The fourth-order valence-corrected chi connectivity index (χ4v) is 2.92. The van der Waals surface area contributed by atoms with E-state index in [2.05, 4.69) is 24.5 Å². The van der Waals surface area contributed by atoms with Crippen LogP contribution in [0.3, 0.4) is 0 Å². The van der Waals surface area contributed by atoms with Crippen molar-refractivity contribution >= 4 is 28.3 Å². The van der Waals surface area contributed by atoms with Crippen molar-refractivity contribution in [2.75, 3.05) is 0 Å². The minimum absolute atomic E-state index is 0.0146. The van der Waals surface area contributed by atoms with Crippen molar-refractivity contribution in [3.63, 3.8) is 0 Å². The van der Waals surface area contributed by atoms with Gasteiger partial charge in [0.15, 0.2) is 5.78 Å². The van der Waals surface area contributed by atoms with E-state index in [0.717, 1.165) is 22.9 Å². The van der Waals surface area contributed by atoms with E-state index in [1.54, 1.807) is 12.1 Å². The molecule has 1 unspecified atom stereocenters. The Kier molecular flexibility index (Phi) is 4.04. The molecule has 3 aromatic rings. The molecule has 1 heterocycles. The maximum atomic E-state index is 12.9. The van der Waals surface area contributed by atoms with Gasteiger partial charge in [0, 0.05) is 39.3 Å². The van der Waals surface area contributed by atoms with Crippen LogP contribution in [-0.2, 0) is 0 Å². The summed E-state index contributed by atoms with van der Waals surface area (Å²) in [4.78, 5) is 12.9. The first kappa shape index (κ1) is 14.9. The molecule has 3 heteroatoms. The van der Waals surface area contributed by atoms with Gasteiger partial charge in [0.05, 0.1) is 0 Å². The van der Waals surface area contributed by atoms with Crippen LogP contribution in [0, 0.1) is 0 Å². The highest BCUT2D eigenvalue weighted by molar-refractivity contribution is 6.31. The van der Waals surface area contributed by atoms with E-state index in [1.807, 2.05) is 36.5 Å². The molecule has 1 aromatic heterocycles. The smallest absolute Gasteiger partial charge is 0.195 e. The third-order valence-electron chi connectivity index (χ3n) is 4.14. The van der Waals surface area contributed by atoms with Crippen molar-refractivity contribution in [1.82, 2.24) is 4.57 Å². The van der Waals surface area contributed by atoms with Gasteiger partial charge in [0.25, 0.3) is 0 Å². The summed E-state index contributed by atoms with van der Waals surface area (Å²) < 4.78 is 2.19. The van der Waals surface area contributed by atoms with Gasteiger partial charge in [-0.3, -0.25) is 4.79 Å². The van der Waals surface area contributed by atoms with Crippen molar-refractivity contribution in [3.05, 3.63) is 70.9 Å². The van der Waals surface area contributed by atoms with Crippen LogP contribution in [0.5, 0.6) is 0 Å². The van der Waals surface area contributed by atoms with Crippen LogP contribution in [0.15, 0.2) is 54.7 Å². The molecule has 3 rings (SSSR count). The van der Waals surface area contributed by atoms with Crippen LogP contribution in [0.4, 0.5) is 0 Å². The molecule has 22 heavy (non-hydrogen) atoms. The Balaban J connectivity index is 2.17. The predicted molar refractivity (Wildman–Crippen MR) is 91.8 cm³/mol. The van der Waals surface area contributed by atoms with Gasteiger partial charge in [0.2, 0.25) is 0 Å². The molecule has 2 nitrogen and oxygen atoms in total. The molecule has 1 atom stereocenters. The summed E-state index contributed by atoms with van der Waals surface area (Å²) in [6.07, 6.45) is 2.99. The van der Waals surface area contributed by atoms with Crippen molar-refractivity contribution in [2.45, 2.75) is 26.3 Å². The maximum absolute atomic E-state index is 12.9. The second-order valence-corrected chi connectivity index (χ2v) is 6.00. The van der Waals surface area contributed by atoms with E-state index in [4.69, 9.17) is 11.6 Å². The zero-order chi connectivity index (χ0) is 15.7. The average molecular weight is 312 g/mol. The molecule has 0 aliphatic heterocycles. The Bertz CT molecular complexity index is 834. The Morgan fingerprint density at radius 3 is 2.68 bits per heavy atom. The number of hydrogen-bond donors (Lipinski definition) is 0. The lowest BCUT2D eigenvalue weighted by Crippen LogP contribution is -2.03. The van der Waals surface area contributed by atoms with E-state index in [1.165, 1.54) is 0 Å². The highest BCUT2D eigenvalue weighted by Crippen LogP contribution is 2.28. The number of carbonyl (C=O) groups is 1. The number of hydrogen-bond acceptors (Lipinski definition) is 1. The van der Waals surface area contributed by atoms with Gasteiger partial charge in [-0.05, 0) is 31.5 Å². The van der Waals surface area contributed by atoms with Crippen LogP contribution in [-0.4, -0.2) is 10.4 Å². The number of aromatic nitrogens is 1. The molecule has 0 radical (unpaired) electrons. The highest BCUT2D eigenvalue weighted by Gasteiger charge is 2.18. The lowest BCUT2D eigenvalue weighted by molar-refractivity contribution is 0.104. The predicted octanol–water partition coefficient (Wildman–Crippen LogP) is 5.50.